The number of aryl methyl sites for hydroxylation is 1. The third-order valence-corrected chi connectivity index (χ3v) is 5.36. The molecule has 19 heavy (non-hydrogen) atoms. The molecule has 1 rings (SSSR count). The summed E-state index contributed by atoms with van der Waals surface area (Å²) in [5.41, 5.74) is 0. The van der Waals surface area contributed by atoms with Gasteiger partial charge in [0.2, 0.25) is 0 Å². The lowest BCUT2D eigenvalue weighted by atomic mass is 10.00. The highest BCUT2D eigenvalue weighted by Gasteiger charge is 2.22. The van der Waals surface area contributed by atoms with E-state index < -0.39 is 7.38 Å². The minimum atomic E-state index is -1.46. The molecule has 1 atom stereocenters. The standard InChI is InChI=1S/C14H27ClN2Si.ClH/c1-4-5-6-7-14(12-18(2,3)15)8-10-17-11-9-16-13-17;/h9,11,13-14H,4-8,10,12H2,1-3H3;1H. The van der Waals surface area contributed by atoms with Gasteiger partial charge in [-0.3, -0.25) is 0 Å². The molecule has 5 heteroatoms. The molecule has 1 aromatic heterocycles. The number of imidazole rings is 1. The summed E-state index contributed by atoms with van der Waals surface area (Å²) in [6.07, 6.45) is 12.4. The van der Waals surface area contributed by atoms with Crippen LogP contribution in [-0.2, 0) is 6.54 Å². The van der Waals surface area contributed by atoms with E-state index in [4.69, 9.17) is 11.1 Å². The molecule has 0 saturated heterocycles. The van der Waals surface area contributed by atoms with Gasteiger partial charge in [-0.2, -0.15) is 11.1 Å². The van der Waals surface area contributed by atoms with Gasteiger partial charge in [0.05, 0.1) is 6.33 Å². The second kappa shape index (κ2) is 9.84. The molecule has 2 nitrogen and oxygen atoms in total. The summed E-state index contributed by atoms with van der Waals surface area (Å²) in [6, 6.07) is 1.24. The summed E-state index contributed by atoms with van der Waals surface area (Å²) in [4.78, 5) is 4.10. The van der Waals surface area contributed by atoms with Crippen molar-refractivity contribution in [1.82, 2.24) is 9.55 Å². The molecule has 0 radical (unpaired) electrons. The van der Waals surface area contributed by atoms with Crippen molar-refractivity contribution in [1.29, 1.82) is 0 Å². The van der Waals surface area contributed by atoms with Gasteiger partial charge in [0, 0.05) is 18.9 Å². The molecule has 0 N–H and O–H groups in total. The van der Waals surface area contributed by atoms with Gasteiger partial charge in [-0.05, 0) is 18.4 Å². The molecule has 1 aromatic rings. The van der Waals surface area contributed by atoms with E-state index in [1.807, 2.05) is 18.7 Å². The minimum absolute atomic E-state index is 0. The molecule has 0 aliphatic rings. The highest BCUT2D eigenvalue weighted by molar-refractivity contribution is 7.19. The van der Waals surface area contributed by atoms with Crippen LogP contribution in [-0.4, -0.2) is 16.9 Å². The fourth-order valence-electron chi connectivity index (χ4n) is 2.47. The second-order valence-electron chi connectivity index (χ2n) is 5.87. The van der Waals surface area contributed by atoms with E-state index >= 15 is 0 Å². The van der Waals surface area contributed by atoms with Gasteiger partial charge in [-0.1, -0.05) is 45.7 Å². The maximum atomic E-state index is 6.52. The normalized spacial score (nSPS) is 13.1. The molecule has 112 valence electrons. The third kappa shape index (κ3) is 9.53. The molecule has 0 aliphatic carbocycles. The first kappa shape index (κ1) is 19.0. The smallest absolute Gasteiger partial charge is 0.150 e. The molecule has 0 bridgehead atoms. The lowest BCUT2D eigenvalue weighted by molar-refractivity contribution is 0.429. The van der Waals surface area contributed by atoms with E-state index in [1.165, 1.54) is 38.1 Å². The predicted octanol–water partition coefficient (Wildman–Crippen LogP) is 5.34. The van der Waals surface area contributed by atoms with E-state index in [0.717, 1.165) is 12.5 Å². The summed E-state index contributed by atoms with van der Waals surface area (Å²) < 4.78 is 2.18. The maximum Gasteiger partial charge on any atom is 0.150 e. The quantitative estimate of drug-likeness (QED) is 0.341. The van der Waals surface area contributed by atoms with Crippen LogP contribution in [0.3, 0.4) is 0 Å². The van der Waals surface area contributed by atoms with Gasteiger partial charge in [0.15, 0.2) is 7.38 Å². The van der Waals surface area contributed by atoms with Crippen molar-refractivity contribution < 1.29 is 0 Å². The summed E-state index contributed by atoms with van der Waals surface area (Å²) in [5, 5.41) is 0. The van der Waals surface area contributed by atoms with Crippen molar-refractivity contribution in [2.24, 2.45) is 5.92 Å². The van der Waals surface area contributed by atoms with Crippen molar-refractivity contribution in [2.75, 3.05) is 0 Å². The minimum Gasteiger partial charge on any atom is -0.337 e. The Hall–Kier alpha value is 0.00688. The van der Waals surface area contributed by atoms with Crippen molar-refractivity contribution in [3.8, 4) is 0 Å². The Morgan fingerprint density at radius 1 is 1.26 bits per heavy atom. The van der Waals surface area contributed by atoms with Crippen LogP contribution in [0.1, 0.15) is 39.0 Å². The Morgan fingerprint density at radius 3 is 2.53 bits per heavy atom. The van der Waals surface area contributed by atoms with Gasteiger partial charge in [-0.25, -0.2) is 4.98 Å². The molecular formula is C14H28Cl2N2Si. The summed E-state index contributed by atoms with van der Waals surface area (Å²) in [7, 11) is -1.46. The van der Waals surface area contributed by atoms with Crippen molar-refractivity contribution in [3.63, 3.8) is 0 Å². The summed E-state index contributed by atoms with van der Waals surface area (Å²) >= 11 is 6.52. The predicted molar refractivity (Wildman–Crippen MR) is 89.9 cm³/mol. The van der Waals surface area contributed by atoms with Gasteiger partial charge < -0.3 is 4.57 Å². The van der Waals surface area contributed by atoms with E-state index in [0.29, 0.717) is 0 Å². The first-order valence-corrected chi connectivity index (χ1v) is 11.4. The first-order chi connectivity index (χ1) is 8.51. The molecule has 0 aliphatic heterocycles. The number of aromatic nitrogens is 2. The van der Waals surface area contributed by atoms with Crippen LogP contribution in [0.5, 0.6) is 0 Å². The van der Waals surface area contributed by atoms with E-state index in [2.05, 4.69) is 29.6 Å². The highest BCUT2D eigenvalue weighted by atomic mass is 35.6. The van der Waals surface area contributed by atoms with Crippen molar-refractivity contribution in [3.05, 3.63) is 18.7 Å². The zero-order chi connectivity index (χ0) is 13.4. The molecule has 0 aromatic carbocycles. The molecule has 0 fully saturated rings. The van der Waals surface area contributed by atoms with Crippen LogP contribution in [0.2, 0.25) is 19.1 Å². The summed E-state index contributed by atoms with van der Waals surface area (Å²) in [6.45, 7) is 7.87. The van der Waals surface area contributed by atoms with E-state index in [9.17, 15) is 0 Å². The van der Waals surface area contributed by atoms with Gasteiger partial charge in [0.25, 0.3) is 0 Å². The van der Waals surface area contributed by atoms with Gasteiger partial charge in [-0.15, -0.1) is 12.4 Å². The number of nitrogens with zero attached hydrogens (tertiary/aromatic N) is 2. The highest BCUT2D eigenvalue weighted by Crippen LogP contribution is 2.27. The Morgan fingerprint density at radius 2 is 2.00 bits per heavy atom. The lowest BCUT2D eigenvalue weighted by Gasteiger charge is -2.23. The molecule has 0 saturated carbocycles. The van der Waals surface area contributed by atoms with Crippen molar-refractivity contribution >= 4 is 30.9 Å². The van der Waals surface area contributed by atoms with Crippen LogP contribution >= 0.6 is 23.5 Å². The van der Waals surface area contributed by atoms with E-state index in [-0.39, 0.29) is 12.4 Å². The number of hydrogen-bond acceptors (Lipinski definition) is 1. The number of unbranched alkanes of at least 4 members (excludes halogenated alkanes) is 2. The Balaban J connectivity index is 0.00000324. The first-order valence-electron chi connectivity index (χ1n) is 7.16. The second-order valence-corrected chi connectivity index (χ2v) is 12.8. The molecule has 1 heterocycles. The fourth-order valence-corrected chi connectivity index (χ4v) is 4.90. The SMILES string of the molecule is CCCCCC(CCn1ccnc1)C[Si](C)(C)Cl.Cl. The molecule has 1 unspecified atom stereocenters. The van der Waals surface area contributed by atoms with Crippen LogP contribution in [0, 0.1) is 5.92 Å². The largest absolute Gasteiger partial charge is 0.337 e. The topological polar surface area (TPSA) is 17.8 Å². The number of hydrogen-bond donors (Lipinski definition) is 0. The lowest BCUT2D eigenvalue weighted by Crippen LogP contribution is -2.22. The monoisotopic (exact) mass is 322 g/mol. The zero-order valence-corrected chi connectivity index (χ0v) is 15.0. The molecule has 0 amide bonds. The van der Waals surface area contributed by atoms with Crippen LogP contribution in [0.4, 0.5) is 0 Å². The molecule has 0 spiro atoms. The van der Waals surface area contributed by atoms with Crippen LogP contribution in [0.25, 0.3) is 0 Å². The van der Waals surface area contributed by atoms with Crippen molar-refractivity contribution in [2.45, 2.75) is 64.7 Å². The zero-order valence-electron chi connectivity index (χ0n) is 12.4. The van der Waals surface area contributed by atoms with Gasteiger partial charge >= 0.3 is 0 Å². The Bertz CT molecular complexity index is 310. The van der Waals surface area contributed by atoms with Crippen LogP contribution < -0.4 is 0 Å². The average molecular weight is 323 g/mol. The fraction of sp³-hybridized carbons (Fsp3) is 0.786. The van der Waals surface area contributed by atoms with E-state index in [1.54, 1.807) is 0 Å². The number of halogens is 2. The Kier molecular flexibility index (Phi) is 9.84. The summed E-state index contributed by atoms with van der Waals surface area (Å²) in [5.74, 6) is 0.790. The average Bonchev–Trinajstić information content (AvgIpc) is 2.77. The van der Waals surface area contributed by atoms with Gasteiger partial charge in [0.1, 0.15) is 0 Å². The van der Waals surface area contributed by atoms with Crippen LogP contribution in [0.15, 0.2) is 18.7 Å². The molecular weight excluding hydrogens is 295 g/mol. The number of rotatable bonds is 9. The maximum absolute atomic E-state index is 6.52. The Labute approximate surface area is 130 Å². The third-order valence-electron chi connectivity index (χ3n) is 3.34.